The Morgan fingerprint density at radius 2 is 2.24 bits per heavy atom. The van der Waals surface area contributed by atoms with E-state index in [1.165, 1.54) is 5.56 Å². The molecule has 0 aliphatic carbocycles. The number of nitrogens with two attached hydrogens (primary N) is 1. The van der Waals surface area contributed by atoms with Gasteiger partial charge in [0.2, 0.25) is 0 Å². The van der Waals surface area contributed by atoms with Crippen LogP contribution in [0.5, 0.6) is 0 Å². The zero-order valence-corrected chi connectivity index (χ0v) is 9.95. The molecule has 0 unspecified atom stereocenters. The van der Waals surface area contributed by atoms with Crippen LogP contribution in [-0.4, -0.2) is 10.9 Å². The Hall–Kier alpha value is -1.94. The molecule has 17 heavy (non-hydrogen) atoms. The summed E-state index contributed by atoms with van der Waals surface area (Å²) in [6.45, 7) is 3.91. The fraction of sp³-hybridized carbons (Fsp3) is 0.231. The predicted molar refractivity (Wildman–Crippen MR) is 67.5 cm³/mol. The molecule has 0 atom stereocenters. The minimum Gasteiger partial charge on any atom is -0.290 e. The maximum absolute atomic E-state index is 11.6. The molecule has 1 amide bonds. The van der Waals surface area contributed by atoms with Gasteiger partial charge < -0.3 is 0 Å². The molecule has 1 aromatic heterocycles. The second-order valence-electron chi connectivity index (χ2n) is 3.94. The van der Waals surface area contributed by atoms with Crippen LogP contribution in [0.3, 0.4) is 0 Å². The Morgan fingerprint density at radius 1 is 1.47 bits per heavy atom. The molecule has 2 aromatic rings. The quantitative estimate of drug-likeness (QED) is 0.468. The summed E-state index contributed by atoms with van der Waals surface area (Å²) >= 11 is 0. The lowest BCUT2D eigenvalue weighted by molar-refractivity contribution is 0.0953. The minimum atomic E-state index is -0.307. The summed E-state index contributed by atoms with van der Waals surface area (Å²) in [6, 6.07) is 7.81. The van der Waals surface area contributed by atoms with Crippen LogP contribution in [0.2, 0.25) is 0 Å². The number of amides is 1. The monoisotopic (exact) mass is 229 g/mol. The number of hydrogen-bond donors (Lipinski definition) is 2. The number of benzene rings is 1. The molecule has 1 heterocycles. The first-order chi connectivity index (χ1) is 8.17. The molecule has 0 spiro atoms. The second kappa shape index (κ2) is 4.51. The maximum Gasteiger partial charge on any atom is 0.267 e. The molecule has 2 rings (SSSR count). The lowest BCUT2D eigenvalue weighted by Gasteiger charge is -2.08. The van der Waals surface area contributed by atoms with Gasteiger partial charge in [0.1, 0.15) is 0 Å². The highest BCUT2D eigenvalue weighted by atomic mass is 16.2. The predicted octanol–water partition coefficient (Wildman–Crippen LogP) is 1.71. The minimum absolute atomic E-state index is 0.307. The molecule has 0 bridgehead atoms. The van der Waals surface area contributed by atoms with Crippen LogP contribution in [0.1, 0.15) is 28.5 Å². The highest BCUT2D eigenvalue weighted by Gasteiger charge is 2.11. The van der Waals surface area contributed by atoms with Crippen molar-refractivity contribution in [3.8, 4) is 0 Å². The van der Waals surface area contributed by atoms with Crippen molar-refractivity contribution < 1.29 is 4.79 Å². The van der Waals surface area contributed by atoms with E-state index in [1.807, 2.05) is 25.1 Å². The van der Waals surface area contributed by atoms with Crippen molar-refractivity contribution >= 4 is 16.8 Å². The molecular formula is C13H15N3O. The summed E-state index contributed by atoms with van der Waals surface area (Å²) in [5.74, 6) is 4.84. The lowest BCUT2D eigenvalue weighted by atomic mass is 10.0. The van der Waals surface area contributed by atoms with E-state index in [9.17, 15) is 4.79 Å². The van der Waals surface area contributed by atoms with Gasteiger partial charge >= 0.3 is 0 Å². The van der Waals surface area contributed by atoms with Crippen LogP contribution in [0.15, 0.2) is 24.3 Å². The van der Waals surface area contributed by atoms with E-state index in [4.69, 9.17) is 5.84 Å². The van der Waals surface area contributed by atoms with Gasteiger partial charge in [0.25, 0.3) is 5.91 Å². The number of nitrogens with one attached hydrogen (secondary N) is 1. The normalized spacial score (nSPS) is 10.5. The molecule has 3 N–H and O–H groups in total. The third-order valence-corrected chi connectivity index (χ3v) is 2.88. The van der Waals surface area contributed by atoms with Crippen LogP contribution >= 0.6 is 0 Å². The van der Waals surface area contributed by atoms with Gasteiger partial charge in [-0.1, -0.05) is 25.1 Å². The first-order valence-electron chi connectivity index (χ1n) is 5.57. The van der Waals surface area contributed by atoms with E-state index in [2.05, 4.69) is 23.4 Å². The SMILES string of the molecule is CCc1cccc2cc(C(=O)NN)c(C)nc12. The summed E-state index contributed by atoms with van der Waals surface area (Å²) in [4.78, 5) is 16.1. The number of pyridine rings is 1. The number of rotatable bonds is 2. The van der Waals surface area contributed by atoms with E-state index in [0.29, 0.717) is 11.3 Å². The fourth-order valence-electron chi connectivity index (χ4n) is 1.94. The maximum atomic E-state index is 11.6. The van der Waals surface area contributed by atoms with E-state index < -0.39 is 0 Å². The van der Waals surface area contributed by atoms with Crippen molar-refractivity contribution in [1.82, 2.24) is 10.4 Å². The second-order valence-corrected chi connectivity index (χ2v) is 3.94. The highest BCUT2D eigenvalue weighted by molar-refractivity contribution is 5.98. The van der Waals surface area contributed by atoms with E-state index in [-0.39, 0.29) is 5.91 Å². The Bertz CT molecular complexity index is 578. The smallest absolute Gasteiger partial charge is 0.267 e. The van der Waals surface area contributed by atoms with Crippen molar-refractivity contribution in [3.63, 3.8) is 0 Å². The number of aromatic nitrogens is 1. The summed E-state index contributed by atoms with van der Waals surface area (Å²) in [6.07, 6.45) is 0.923. The molecule has 88 valence electrons. The van der Waals surface area contributed by atoms with E-state index >= 15 is 0 Å². The van der Waals surface area contributed by atoms with Crippen molar-refractivity contribution in [2.45, 2.75) is 20.3 Å². The van der Waals surface area contributed by atoms with Crippen molar-refractivity contribution in [1.29, 1.82) is 0 Å². The zero-order chi connectivity index (χ0) is 12.4. The number of hydrazine groups is 1. The van der Waals surface area contributed by atoms with Crippen molar-refractivity contribution in [3.05, 3.63) is 41.1 Å². The summed E-state index contributed by atoms with van der Waals surface area (Å²) < 4.78 is 0. The molecule has 0 saturated heterocycles. The molecule has 0 aliphatic heterocycles. The van der Waals surface area contributed by atoms with Gasteiger partial charge in [-0.05, 0) is 25.0 Å². The van der Waals surface area contributed by atoms with Gasteiger partial charge in [0.05, 0.1) is 16.8 Å². The molecule has 0 radical (unpaired) electrons. The van der Waals surface area contributed by atoms with Gasteiger partial charge in [-0.2, -0.15) is 0 Å². The average Bonchev–Trinajstić information content (AvgIpc) is 2.36. The first kappa shape index (κ1) is 11.5. The van der Waals surface area contributed by atoms with Crippen LogP contribution < -0.4 is 11.3 Å². The van der Waals surface area contributed by atoms with Gasteiger partial charge in [0.15, 0.2) is 0 Å². The van der Waals surface area contributed by atoms with Crippen LogP contribution in [0, 0.1) is 6.92 Å². The molecule has 0 saturated carbocycles. The number of carbonyl (C=O) groups excluding carboxylic acids is 1. The summed E-state index contributed by atoms with van der Waals surface area (Å²) in [7, 11) is 0. The van der Waals surface area contributed by atoms with Crippen LogP contribution in [-0.2, 0) is 6.42 Å². The number of nitrogen functional groups attached to an aromatic ring is 1. The Balaban J connectivity index is 2.70. The van der Waals surface area contributed by atoms with Crippen LogP contribution in [0.4, 0.5) is 0 Å². The van der Waals surface area contributed by atoms with Gasteiger partial charge in [-0.15, -0.1) is 0 Å². The van der Waals surface area contributed by atoms with Crippen molar-refractivity contribution in [2.75, 3.05) is 0 Å². The molecule has 0 aliphatic rings. The van der Waals surface area contributed by atoms with Gasteiger partial charge in [0, 0.05) is 5.39 Å². The summed E-state index contributed by atoms with van der Waals surface area (Å²) in [5, 5.41) is 0.966. The standard InChI is InChI=1S/C13H15N3O/c1-3-9-5-4-6-10-7-11(13(17)16-14)8(2)15-12(9)10/h4-7H,3,14H2,1-2H3,(H,16,17). The zero-order valence-electron chi connectivity index (χ0n) is 9.95. The summed E-state index contributed by atoms with van der Waals surface area (Å²) in [5.41, 5.74) is 5.50. The molecule has 4 heteroatoms. The number of para-hydroxylation sites is 1. The topological polar surface area (TPSA) is 68.0 Å². The van der Waals surface area contributed by atoms with E-state index in [1.54, 1.807) is 0 Å². The van der Waals surface area contributed by atoms with Crippen LogP contribution in [0.25, 0.3) is 10.9 Å². The fourth-order valence-corrected chi connectivity index (χ4v) is 1.94. The Morgan fingerprint density at radius 3 is 2.88 bits per heavy atom. The third-order valence-electron chi connectivity index (χ3n) is 2.88. The Labute approximate surface area is 99.8 Å². The third kappa shape index (κ3) is 1.99. The first-order valence-corrected chi connectivity index (χ1v) is 5.57. The average molecular weight is 229 g/mol. The number of aryl methyl sites for hydroxylation is 2. The number of carbonyl (C=O) groups is 1. The molecule has 1 aromatic carbocycles. The number of fused-ring (bicyclic) bond motifs is 1. The lowest BCUT2D eigenvalue weighted by Crippen LogP contribution is -2.30. The molecule has 0 fully saturated rings. The van der Waals surface area contributed by atoms with Gasteiger partial charge in [-0.25, -0.2) is 5.84 Å². The number of nitrogens with zero attached hydrogens (tertiary/aromatic N) is 1. The number of hydrogen-bond acceptors (Lipinski definition) is 3. The Kier molecular flexibility index (Phi) is 3.06. The highest BCUT2D eigenvalue weighted by Crippen LogP contribution is 2.20. The molecule has 4 nitrogen and oxygen atoms in total. The largest absolute Gasteiger partial charge is 0.290 e. The van der Waals surface area contributed by atoms with Gasteiger partial charge in [-0.3, -0.25) is 15.2 Å². The molecular weight excluding hydrogens is 214 g/mol. The van der Waals surface area contributed by atoms with E-state index in [0.717, 1.165) is 17.3 Å². The van der Waals surface area contributed by atoms with Crippen molar-refractivity contribution in [2.24, 2.45) is 5.84 Å².